The van der Waals surface area contributed by atoms with E-state index in [9.17, 15) is 19.2 Å². The van der Waals surface area contributed by atoms with Gasteiger partial charge in [-0.15, -0.1) is 0 Å². The normalized spacial score (nSPS) is 15.0. The second-order valence-electron chi connectivity index (χ2n) is 8.10. The molecule has 3 aromatic rings. The summed E-state index contributed by atoms with van der Waals surface area (Å²) in [5.74, 6) is -1.32. The maximum atomic E-state index is 13.7. The Bertz CT molecular complexity index is 1600. The SMILES string of the molecule is CCOC(=O)C1=C(C)N=c2sc(=Cc3ccc(OC(C)=O)cc3OC(C)=O)c(=O)n2[C@H]1c1ccccc1. The molecule has 190 valence electrons. The Balaban J connectivity index is 1.91. The highest BCUT2D eigenvalue weighted by atomic mass is 32.1. The van der Waals surface area contributed by atoms with E-state index in [-0.39, 0.29) is 23.7 Å². The van der Waals surface area contributed by atoms with Gasteiger partial charge in [-0.3, -0.25) is 19.0 Å². The summed E-state index contributed by atoms with van der Waals surface area (Å²) in [6, 6.07) is 13.0. The molecule has 0 N–H and O–H groups in total. The van der Waals surface area contributed by atoms with Crippen molar-refractivity contribution in [3.63, 3.8) is 0 Å². The lowest BCUT2D eigenvalue weighted by Gasteiger charge is -2.24. The van der Waals surface area contributed by atoms with Gasteiger partial charge >= 0.3 is 17.9 Å². The molecule has 1 aromatic heterocycles. The molecule has 1 aliphatic rings. The fourth-order valence-corrected chi connectivity index (χ4v) is 5.03. The number of carbonyl (C=O) groups excluding carboxylic acids is 3. The summed E-state index contributed by atoms with van der Waals surface area (Å²) in [5.41, 5.74) is 1.54. The first-order valence-electron chi connectivity index (χ1n) is 11.4. The molecular weight excluding hydrogens is 496 g/mol. The maximum absolute atomic E-state index is 13.7. The van der Waals surface area contributed by atoms with Crippen molar-refractivity contribution in [3.8, 4) is 11.5 Å². The molecular formula is C27H24N2O7S. The van der Waals surface area contributed by atoms with Crippen LogP contribution in [0, 0.1) is 0 Å². The van der Waals surface area contributed by atoms with Crippen molar-refractivity contribution in [2.24, 2.45) is 4.99 Å². The number of allylic oxidation sites excluding steroid dienone is 1. The van der Waals surface area contributed by atoms with E-state index in [2.05, 4.69) is 4.99 Å². The van der Waals surface area contributed by atoms with Crippen molar-refractivity contribution in [2.45, 2.75) is 33.7 Å². The third kappa shape index (κ3) is 5.44. The fourth-order valence-electron chi connectivity index (χ4n) is 3.99. The Kier molecular flexibility index (Phi) is 7.49. The lowest BCUT2D eigenvalue weighted by Crippen LogP contribution is -2.39. The van der Waals surface area contributed by atoms with Crippen LogP contribution in [0.15, 0.2) is 69.6 Å². The number of fused-ring (bicyclic) bond motifs is 1. The number of aromatic nitrogens is 1. The predicted octanol–water partition coefficient (Wildman–Crippen LogP) is 2.65. The molecule has 9 nitrogen and oxygen atoms in total. The molecule has 0 fully saturated rings. The van der Waals surface area contributed by atoms with Crippen molar-refractivity contribution in [2.75, 3.05) is 6.61 Å². The zero-order chi connectivity index (χ0) is 26.7. The minimum atomic E-state index is -0.724. The van der Waals surface area contributed by atoms with E-state index < -0.39 is 23.9 Å². The first kappa shape index (κ1) is 25.8. The number of benzene rings is 2. The third-order valence-corrected chi connectivity index (χ3v) is 6.40. The highest BCUT2D eigenvalue weighted by Gasteiger charge is 2.33. The van der Waals surface area contributed by atoms with E-state index in [1.54, 1.807) is 26.0 Å². The van der Waals surface area contributed by atoms with Crippen molar-refractivity contribution in [3.05, 3.63) is 90.6 Å². The number of ether oxygens (including phenoxy) is 3. The number of esters is 3. The van der Waals surface area contributed by atoms with Gasteiger partial charge in [-0.25, -0.2) is 9.79 Å². The van der Waals surface area contributed by atoms with E-state index in [0.717, 1.165) is 16.9 Å². The quantitative estimate of drug-likeness (QED) is 0.363. The first-order valence-corrected chi connectivity index (χ1v) is 12.3. The summed E-state index contributed by atoms with van der Waals surface area (Å²) in [7, 11) is 0. The zero-order valence-electron chi connectivity index (χ0n) is 20.6. The van der Waals surface area contributed by atoms with Crippen LogP contribution in [0.2, 0.25) is 0 Å². The minimum absolute atomic E-state index is 0.125. The van der Waals surface area contributed by atoms with Crippen LogP contribution in [0.3, 0.4) is 0 Å². The van der Waals surface area contributed by atoms with Crippen molar-refractivity contribution >= 4 is 35.3 Å². The topological polar surface area (TPSA) is 113 Å². The average Bonchev–Trinajstić information content (AvgIpc) is 3.14. The minimum Gasteiger partial charge on any atom is -0.463 e. The van der Waals surface area contributed by atoms with Gasteiger partial charge in [-0.05, 0) is 37.6 Å². The molecule has 1 aliphatic heterocycles. The van der Waals surface area contributed by atoms with Crippen LogP contribution in [-0.2, 0) is 19.1 Å². The lowest BCUT2D eigenvalue weighted by molar-refractivity contribution is -0.139. The molecule has 4 rings (SSSR count). The van der Waals surface area contributed by atoms with Crippen LogP contribution >= 0.6 is 11.3 Å². The first-order chi connectivity index (χ1) is 17.7. The van der Waals surface area contributed by atoms with Gasteiger partial charge in [-0.2, -0.15) is 0 Å². The van der Waals surface area contributed by atoms with Gasteiger partial charge in [0.2, 0.25) is 0 Å². The molecule has 0 bridgehead atoms. The number of hydrogen-bond donors (Lipinski definition) is 0. The van der Waals surface area contributed by atoms with E-state index in [1.807, 2.05) is 30.3 Å². The third-order valence-electron chi connectivity index (χ3n) is 5.42. The van der Waals surface area contributed by atoms with Crippen molar-refractivity contribution in [1.29, 1.82) is 0 Å². The number of nitrogens with zero attached hydrogens (tertiary/aromatic N) is 2. The van der Waals surface area contributed by atoms with Crippen LogP contribution in [0.1, 0.15) is 44.9 Å². The molecule has 1 atom stereocenters. The van der Waals surface area contributed by atoms with Gasteiger partial charge in [0.25, 0.3) is 5.56 Å². The summed E-state index contributed by atoms with van der Waals surface area (Å²) in [6.45, 7) is 6.12. The van der Waals surface area contributed by atoms with Crippen molar-refractivity contribution in [1.82, 2.24) is 4.57 Å². The Hall–Kier alpha value is -4.31. The highest BCUT2D eigenvalue weighted by molar-refractivity contribution is 7.07. The zero-order valence-corrected chi connectivity index (χ0v) is 21.5. The monoisotopic (exact) mass is 520 g/mol. The molecule has 0 saturated carbocycles. The standard InChI is InChI=1S/C27H24N2O7S/c1-5-34-26(33)23-15(2)28-27-29(24(23)18-9-7-6-8-10-18)25(32)22(37-27)13-19-11-12-20(35-16(3)30)14-21(19)36-17(4)31/h6-14,24H,5H2,1-4H3/t24-/m0/s1. The second-order valence-corrected chi connectivity index (χ2v) is 9.11. The molecule has 0 aliphatic carbocycles. The van der Waals surface area contributed by atoms with Gasteiger partial charge in [0.05, 0.1) is 28.5 Å². The molecule has 2 heterocycles. The lowest BCUT2D eigenvalue weighted by atomic mass is 9.96. The van der Waals surface area contributed by atoms with E-state index in [4.69, 9.17) is 14.2 Å². The van der Waals surface area contributed by atoms with E-state index in [0.29, 0.717) is 26.2 Å². The van der Waals surface area contributed by atoms with E-state index >= 15 is 0 Å². The van der Waals surface area contributed by atoms with Crippen molar-refractivity contribution < 1.29 is 28.6 Å². The smallest absolute Gasteiger partial charge is 0.338 e. The Labute approximate surface area is 215 Å². The Morgan fingerprint density at radius 1 is 1.05 bits per heavy atom. The van der Waals surface area contributed by atoms with Gasteiger partial charge < -0.3 is 14.2 Å². The van der Waals surface area contributed by atoms with Crippen LogP contribution in [0.5, 0.6) is 11.5 Å². The summed E-state index contributed by atoms with van der Waals surface area (Å²) in [5, 5.41) is 0. The van der Waals surface area contributed by atoms with Gasteiger partial charge in [-0.1, -0.05) is 41.7 Å². The number of carbonyl (C=O) groups is 3. The highest BCUT2D eigenvalue weighted by Crippen LogP contribution is 2.31. The molecule has 0 unspecified atom stereocenters. The van der Waals surface area contributed by atoms with Crippen LogP contribution in [0.4, 0.5) is 0 Å². The number of thiazole rings is 1. The van der Waals surface area contributed by atoms with E-state index in [1.165, 1.54) is 30.5 Å². The molecule has 10 heteroatoms. The molecule has 2 aromatic carbocycles. The molecule has 0 saturated heterocycles. The van der Waals surface area contributed by atoms with Gasteiger partial charge in [0.15, 0.2) is 4.80 Å². The van der Waals surface area contributed by atoms with Crippen LogP contribution in [0.25, 0.3) is 6.08 Å². The average molecular weight is 521 g/mol. The summed E-state index contributed by atoms with van der Waals surface area (Å²) < 4.78 is 17.5. The fraction of sp³-hybridized carbons (Fsp3) is 0.222. The predicted molar refractivity (Wildman–Crippen MR) is 136 cm³/mol. The maximum Gasteiger partial charge on any atom is 0.338 e. The molecule has 0 amide bonds. The molecule has 0 radical (unpaired) electrons. The van der Waals surface area contributed by atoms with Gasteiger partial charge in [0.1, 0.15) is 11.5 Å². The largest absolute Gasteiger partial charge is 0.463 e. The van der Waals surface area contributed by atoms with Crippen LogP contribution in [-0.4, -0.2) is 29.1 Å². The van der Waals surface area contributed by atoms with Crippen LogP contribution < -0.4 is 24.4 Å². The Morgan fingerprint density at radius 2 is 1.76 bits per heavy atom. The summed E-state index contributed by atoms with van der Waals surface area (Å²) >= 11 is 1.14. The summed E-state index contributed by atoms with van der Waals surface area (Å²) in [4.78, 5) is 54.6. The second kappa shape index (κ2) is 10.8. The molecule has 37 heavy (non-hydrogen) atoms. The molecule has 0 spiro atoms. The number of hydrogen-bond acceptors (Lipinski definition) is 9. The Morgan fingerprint density at radius 3 is 2.41 bits per heavy atom. The van der Waals surface area contributed by atoms with Gasteiger partial charge in [0, 0.05) is 25.5 Å². The summed E-state index contributed by atoms with van der Waals surface area (Å²) in [6.07, 6.45) is 1.57. The number of rotatable bonds is 6.